The smallest absolute Gasteiger partial charge is 0.310 e. The molecule has 1 aliphatic rings. The molecule has 1 aromatic rings. The minimum Gasteiger partial charge on any atom is -0.310 e. The topological polar surface area (TPSA) is 12.0 Å². The largest absolute Gasteiger partial charge is 0.416 e. The molecule has 0 radical (unpaired) electrons. The highest BCUT2D eigenvalue weighted by molar-refractivity contribution is 5.32. The van der Waals surface area contributed by atoms with Crippen LogP contribution < -0.4 is 5.32 Å². The summed E-state index contributed by atoms with van der Waals surface area (Å²) >= 11 is 0. The van der Waals surface area contributed by atoms with E-state index in [1.165, 1.54) is 38.2 Å². The van der Waals surface area contributed by atoms with E-state index in [-0.39, 0.29) is 6.04 Å². The maximum atomic E-state index is 13.0. The van der Waals surface area contributed by atoms with Gasteiger partial charge in [0.2, 0.25) is 0 Å². The first kappa shape index (κ1) is 15.4. The molecular formula is C16H22F3N. The van der Waals surface area contributed by atoms with Crippen molar-refractivity contribution >= 4 is 0 Å². The summed E-state index contributed by atoms with van der Waals surface area (Å²) in [6.07, 6.45) is 1.90. The minimum absolute atomic E-state index is 0.269. The monoisotopic (exact) mass is 285 g/mol. The van der Waals surface area contributed by atoms with Crippen molar-refractivity contribution in [1.29, 1.82) is 0 Å². The molecule has 0 amide bonds. The molecular weight excluding hydrogens is 263 g/mol. The van der Waals surface area contributed by atoms with Gasteiger partial charge in [-0.15, -0.1) is 0 Å². The standard InChI is InChI=1S/C16H22F3N/c1-12(20-11-13-7-3-2-4-8-13)14-9-5-6-10-15(14)16(17,18)19/h5-6,9-10,12-13,20H,2-4,7-8,11H2,1H3. The van der Waals surface area contributed by atoms with Crippen LogP contribution >= 0.6 is 0 Å². The number of hydrogen-bond donors (Lipinski definition) is 1. The number of hydrogen-bond acceptors (Lipinski definition) is 1. The molecule has 1 aromatic carbocycles. The second kappa shape index (κ2) is 6.61. The van der Waals surface area contributed by atoms with Crippen LogP contribution in [0.15, 0.2) is 24.3 Å². The van der Waals surface area contributed by atoms with Crippen molar-refractivity contribution in [2.24, 2.45) is 5.92 Å². The molecule has 0 spiro atoms. The lowest BCUT2D eigenvalue weighted by atomic mass is 9.89. The SMILES string of the molecule is CC(NCC1CCCCC1)c1ccccc1C(F)(F)F. The van der Waals surface area contributed by atoms with Crippen LogP contribution in [0.25, 0.3) is 0 Å². The first-order valence-electron chi connectivity index (χ1n) is 7.38. The fourth-order valence-corrected chi connectivity index (χ4v) is 2.98. The molecule has 1 fully saturated rings. The average Bonchev–Trinajstić information content (AvgIpc) is 2.45. The molecule has 0 aromatic heterocycles. The van der Waals surface area contributed by atoms with Gasteiger partial charge in [0.05, 0.1) is 5.56 Å². The Balaban J connectivity index is 2.00. The van der Waals surface area contributed by atoms with Crippen LogP contribution in [0.2, 0.25) is 0 Å². The van der Waals surface area contributed by atoms with Crippen molar-refractivity contribution in [1.82, 2.24) is 5.32 Å². The number of rotatable bonds is 4. The Morgan fingerprint density at radius 2 is 1.80 bits per heavy atom. The van der Waals surface area contributed by atoms with Crippen LogP contribution in [0.3, 0.4) is 0 Å². The van der Waals surface area contributed by atoms with Gasteiger partial charge in [-0.25, -0.2) is 0 Å². The predicted octanol–water partition coefficient (Wildman–Crippen LogP) is 4.94. The van der Waals surface area contributed by atoms with E-state index in [2.05, 4.69) is 5.32 Å². The average molecular weight is 285 g/mol. The molecule has 1 aliphatic carbocycles. The second-order valence-corrected chi connectivity index (χ2v) is 5.72. The van der Waals surface area contributed by atoms with Crippen molar-refractivity contribution in [3.05, 3.63) is 35.4 Å². The zero-order valence-electron chi connectivity index (χ0n) is 11.8. The van der Waals surface area contributed by atoms with E-state index >= 15 is 0 Å². The lowest BCUT2D eigenvalue weighted by molar-refractivity contribution is -0.138. The van der Waals surface area contributed by atoms with Crippen LogP contribution in [0.1, 0.15) is 56.2 Å². The fourth-order valence-electron chi connectivity index (χ4n) is 2.98. The van der Waals surface area contributed by atoms with Gasteiger partial charge in [-0.05, 0) is 43.9 Å². The zero-order chi connectivity index (χ0) is 14.6. The molecule has 1 unspecified atom stereocenters. The van der Waals surface area contributed by atoms with Gasteiger partial charge in [0.25, 0.3) is 0 Å². The summed E-state index contributed by atoms with van der Waals surface area (Å²) in [5, 5.41) is 3.28. The Labute approximate surface area is 118 Å². The fraction of sp³-hybridized carbons (Fsp3) is 0.625. The summed E-state index contributed by atoms with van der Waals surface area (Å²) in [4.78, 5) is 0. The van der Waals surface area contributed by atoms with Gasteiger partial charge < -0.3 is 5.32 Å². The van der Waals surface area contributed by atoms with Gasteiger partial charge in [-0.3, -0.25) is 0 Å². The summed E-state index contributed by atoms with van der Waals surface area (Å²) in [5.41, 5.74) is -0.181. The van der Waals surface area contributed by atoms with Crippen molar-refractivity contribution in [2.75, 3.05) is 6.54 Å². The lowest BCUT2D eigenvalue weighted by Crippen LogP contribution is -2.28. The molecule has 0 bridgehead atoms. The number of nitrogens with one attached hydrogen (secondary N) is 1. The maximum absolute atomic E-state index is 13.0. The van der Waals surface area contributed by atoms with Crippen LogP contribution in [-0.4, -0.2) is 6.54 Å². The highest BCUT2D eigenvalue weighted by Gasteiger charge is 2.34. The lowest BCUT2D eigenvalue weighted by Gasteiger charge is -2.25. The van der Waals surface area contributed by atoms with E-state index in [0.29, 0.717) is 11.5 Å². The summed E-state index contributed by atoms with van der Waals surface area (Å²) in [7, 11) is 0. The normalized spacial score (nSPS) is 19.0. The second-order valence-electron chi connectivity index (χ2n) is 5.72. The van der Waals surface area contributed by atoms with Gasteiger partial charge in [-0.2, -0.15) is 13.2 Å². The van der Waals surface area contributed by atoms with Crippen molar-refractivity contribution < 1.29 is 13.2 Å². The number of halogens is 3. The molecule has 2 rings (SSSR count). The molecule has 1 saturated carbocycles. The van der Waals surface area contributed by atoms with Crippen LogP contribution in [0.4, 0.5) is 13.2 Å². The predicted molar refractivity (Wildman–Crippen MR) is 74.4 cm³/mol. The molecule has 1 nitrogen and oxygen atoms in total. The van der Waals surface area contributed by atoms with Gasteiger partial charge in [0, 0.05) is 6.04 Å². The van der Waals surface area contributed by atoms with Crippen LogP contribution in [0, 0.1) is 5.92 Å². The summed E-state index contributed by atoms with van der Waals surface area (Å²) in [5.74, 6) is 0.615. The molecule has 20 heavy (non-hydrogen) atoms. The van der Waals surface area contributed by atoms with E-state index in [1.807, 2.05) is 6.92 Å². The van der Waals surface area contributed by atoms with E-state index in [4.69, 9.17) is 0 Å². The molecule has 1 atom stereocenters. The molecule has 0 aliphatic heterocycles. The van der Waals surface area contributed by atoms with Gasteiger partial charge >= 0.3 is 6.18 Å². The van der Waals surface area contributed by atoms with Crippen molar-refractivity contribution in [3.63, 3.8) is 0 Å². The van der Waals surface area contributed by atoms with Crippen LogP contribution in [0.5, 0.6) is 0 Å². The molecule has 0 saturated heterocycles. The summed E-state index contributed by atoms with van der Waals surface area (Å²) in [6.45, 7) is 2.63. The van der Waals surface area contributed by atoms with Crippen molar-refractivity contribution in [3.8, 4) is 0 Å². The highest BCUT2D eigenvalue weighted by atomic mass is 19.4. The number of alkyl halides is 3. The zero-order valence-corrected chi connectivity index (χ0v) is 11.8. The summed E-state index contributed by atoms with van der Waals surface area (Å²) in [6, 6.07) is 5.58. The maximum Gasteiger partial charge on any atom is 0.416 e. The van der Waals surface area contributed by atoms with Gasteiger partial charge in [-0.1, -0.05) is 37.5 Å². The first-order chi connectivity index (χ1) is 9.48. The van der Waals surface area contributed by atoms with E-state index in [0.717, 1.165) is 12.6 Å². The Morgan fingerprint density at radius 1 is 1.15 bits per heavy atom. The Bertz CT molecular complexity index is 422. The molecule has 112 valence electrons. The third-order valence-electron chi connectivity index (χ3n) is 4.17. The Kier molecular flexibility index (Phi) is 5.08. The van der Waals surface area contributed by atoms with Crippen molar-refractivity contribution in [2.45, 2.75) is 51.2 Å². The molecule has 0 heterocycles. The molecule has 4 heteroatoms. The first-order valence-corrected chi connectivity index (χ1v) is 7.38. The van der Waals surface area contributed by atoms with E-state index in [9.17, 15) is 13.2 Å². The highest BCUT2D eigenvalue weighted by Crippen LogP contribution is 2.34. The third-order valence-corrected chi connectivity index (χ3v) is 4.17. The number of benzene rings is 1. The quantitative estimate of drug-likeness (QED) is 0.826. The third kappa shape index (κ3) is 3.98. The summed E-state index contributed by atoms with van der Waals surface area (Å²) < 4.78 is 38.9. The van der Waals surface area contributed by atoms with E-state index < -0.39 is 11.7 Å². The minimum atomic E-state index is -4.28. The van der Waals surface area contributed by atoms with E-state index in [1.54, 1.807) is 12.1 Å². The van der Waals surface area contributed by atoms with Gasteiger partial charge in [0.15, 0.2) is 0 Å². The van der Waals surface area contributed by atoms with Gasteiger partial charge in [0.1, 0.15) is 0 Å². The molecule has 1 N–H and O–H groups in total. The Hall–Kier alpha value is -1.03. The Morgan fingerprint density at radius 3 is 2.45 bits per heavy atom. The van der Waals surface area contributed by atoms with Crippen LogP contribution in [-0.2, 0) is 6.18 Å².